The molecule has 96 valence electrons. The van der Waals surface area contributed by atoms with Gasteiger partial charge in [0.15, 0.2) is 0 Å². The molecule has 0 aliphatic rings. The largest absolute Gasteiger partial charge is 0.464 e. The van der Waals surface area contributed by atoms with Crippen LogP contribution < -0.4 is 10.5 Å². The summed E-state index contributed by atoms with van der Waals surface area (Å²) < 4.78 is 7.30. The van der Waals surface area contributed by atoms with Gasteiger partial charge in [-0.2, -0.15) is 5.10 Å². The fourth-order valence-electron chi connectivity index (χ4n) is 1.66. The minimum Gasteiger partial charge on any atom is -0.464 e. The van der Waals surface area contributed by atoms with E-state index in [1.54, 1.807) is 13.2 Å². The lowest BCUT2D eigenvalue weighted by atomic mass is 10.3. The lowest BCUT2D eigenvalue weighted by Crippen LogP contribution is -2.25. The third-order valence-electron chi connectivity index (χ3n) is 2.66. The fourth-order valence-corrected chi connectivity index (χ4v) is 2.32. The van der Waals surface area contributed by atoms with Gasteiger partial charge >= 0.3 is 0 Å². The molecule has 0 amide bonds. The van der Waals surface area contributed by atoms with Crippen LogP contribution in [0.25, 0.3) is 0 Å². The van der Waals surface area contributed by atoms with E-state index in [1.165, 1.54) is 4.68 Å². The zero-order chi connectivity index (χ0) is 13.3. The van der Waals surface area contributed by atoms with Crippen molar-refractivity contribution in [1.29, 1.82) is 0 Å². The molecule has 0 spiro atoms. The third kappa shape index (κ3) is 2.48. The molecule has 0 saturated heterocycles. The number of aryl methyl sites for hydroxylation is 2. The Hall–Kier alpha value is -1.56. The molecule has 0 saturated carbocycles. The molecule has 2 aromatic heterocycles. The fraction of sp³-hybridized carbons (Fsp3) is 0.333. The van der Waals surface area contributed by atoms with Crippen LogP contribution in [0.4, 0.5) is 5.69 Å². The average molecular weight is 312 g/mol. The van der Waals surface area contributed by atoms with Gasteiger partial charge in [0, 0.05) is 14.1 Å². The molecule has 2 aromatic rings. The molecule has 0 radical (unpaired) electrons. The summed E-state index contributed by atoms with van der Waals surface area (Å²) in [4.78, 5) is 13.7. The van der Waals surface area contributed by atoms with Crippen LogP contribution in [0, 0.1) is 6.92 Å². The summed E-state index contributed by atoms with van der Waals surface area (Å²) in [7, 11) is 3.51. The number of rotatable bonds is 3. The molecular formula is C12H14BrN3O2. The van der Waals surface area contributed by atoms with Gasteiger partial charge in [-0.3, -0.25) is 4.79 Å². The first-order valence-corrected chi connectivity index (χ1v) is 6.26. The maximum absolute atomic E-state index is 11.8. The number of furan rings is 1. The highest BCUT2D eigenvalue weighted by Crippen LogP contribution is 2.22. The predicted octanol–water partition coefficient (Wildman–Crippen LogP) is 2.08. The van der Waals surface area contributed by atoms with E-state index in [9.17, 15) is 4.79 Å². The summed E-state index contributed by atoms with van der Waals surface area (Å²) in [5.74, 6) is 1.72. The second-order valence-corrected chi connectivity index (χ2v) is 4.93. The number of hydrogen-bond donors (Lipinski definition) is 0. The Morgan fingerprint density at radius 3 is 2.83 bits per heavy atom. The lowest BCUT2D eigenvalue weighted by molar-refractivity contribution is 0.481. The van der Waals surface area contributed by atoms with Crippen LogP contribution in [0.15, 0.2) is 32.0 Å². The highest BCUT2D eigenvalue weighted by Gasteiger charge is 2.12. The second-order valence-electron chi connectivity index (χ2n) is 4.14. The van der Waals surface area contributed by atoms with E-state index in [0.29, 0.717) is 11.0 Å². The van der Waals surface area contributed by atoms with E-state index in [1.807, 2.05) is 31.0 Å². The molecule has 0 fully saturated rings. The predicted molar refractivity (Wildman–Crippen MR) is 72.7 cm³/mol. The molecule has 0 N–H and O–H groups in total. The van der Waals surface area contributed by atoms with Gasteiger partial charge in [-0.25, -0.2) is 4.68 Å². The Labute approximate surface area is 113 Å². The van der Waals surface area contributed by atoms with Gasteiger partial charge in [-0.15, -0.1) is 0 Å². The summed E-state index contributed by atoms with van der Waals surface area (Å²) in [6.07, 6.45) is 1.65. The first kappa shape index (κ1) is 12.9. The molecular weight excluding hydrogens is 298 g/mol. The van der Waals surface area contributed by atoms with Crippen LogP contribution in [0.2, 0.25) is 0 Å². The van der Waals surface area contributed by atoms with E-state index in [0.717, 1.165) is 17.2 Å². The van der Waals surface area contributed by atoms with Crippen LogP contribution >= 0.6 is 15.9 Å². The topological polar surface area (TPSA) is 51.3 Å². The molecule has 2 heterocycles. The monoisotopic (exact) mass is 311 g/mol. The smallest absolute Gasteiger partial charge is 0.282 e. The van der Waals surface area contributed by atoms with Crippen molar-refractivity contribution in [2.75, 3.05) is 11.9 Å². The van der Waals surface area contributed by atoms with Gasteiger partial charge in [-0.05, 0) is 35.0 Å². The zero-order valence-corrected chi connectivity index (χ0v) is 12.1. The van der Waals surface area contributed by atoms with Crippen molar-refractivity contribution in [2.24, 2.45) is 7.05 Å². The van der Waals surface area contributed by atoms with Crippen molar-refractivity contribution < 1.29 is 4.42 Å². The van der Waals surface area contributed by atoms with Crippen LogP contribution in [0.3, 0.4) is 0 Å². The Morgan fingerprint density at radius 1 is 1.50 bits per heavy atom. The van der Waals surface area contributed by atoms with Crippen LogP contribution in [-0.2, 0) is 13.6 Å². The molecule has 5 nitrogen and oxygen atoms in total. The molecule has 6 heteroatoms. The molecule has 0 aliphatic carbocycles. The molecule has 0 atom stereocenters. The molecule has 0 aliphatic heterocycles. The minimum absolute atomic E-state index is 0.157. The highest BCUT2D eigenvalue weighted by molar-refractivity contribution is 9.10. The van der Waals surface area contributed by atoms with Gasteiger partial charge in [0.25, 0.3) is 5.56 Å². The Bertz CT molecular complexity index is 618. The summed E-state index contributed by atoms with van der Waals surface area (Å²) in [5.41, 5.74) is 0.585. The quantitative estimate of drug-likeness (QED) is 0.871. The molecule has 0 bridgehead atoms. The Kier molecular flexibility index (Phi) is 3.56. The van der Waals surface area contributed by atoms with Gasteiger partial charge < -0.3 is 9.32 Å². The second kappa shape index (κ2) is 4.97. The number of halogens is 1. The van der Waals surface area contributed by atoms with Crippen LogP contribution in [0.5, 0.6) is 0 Å². The van der Waals surface area contributed by atoms with E-state index in [-0.39, 0.29) is 5.56 Å². The molecule has 0 unspecified atom stereocenters. The summed E-state index contributed by atoms with van der Waals surface area (Å²) in [5, 5.41) is 4.01. The van der Waals surface area contributed by atoms with Crippen molar-refractivity contribution in [2.45, 2.75) is 13.5 Å². The van der Waals surface area contributed by atoms with E-state index in [4.69, 9.17) is 4.42 Å². The maximum Gasteiger partial charge on any atom is 0.282 e. The number of anilines is 1. The van der Waals surface area contributed by atoms with Crippen molar-refractivity contribution in [3.8, 4) is 0 Å². The van der Waals surface area contributed by atoms with Gasteiger partial charge in [0.1, 0.15) is 16.0 Å². The zero-order valence-electron chi connectivity index (χ0n) is 10.5. The summed E-state index contributed by atoms with van der Waals surface area (Å²) >= 11 is 3.30. The van der Waals surface area contributed by atoms with Crippen molar-refractivity contribution >= 4 is 21.6 Å². The minimum atomic E-state index is -0.157. The van der Waals surface area contributed by atoms with Crippen LogP contribution in [0.1, 0.15) is 11.5 Å². The van der Waals surface area contributed by atoms with Crippen LogP contribution in [-0.4, -0.2) is 16.8 Å². The summed E-state index contributed by atoms with van der Waals surface area (Å²) in [6, 6.07) is 3.84. The maximum atomic E-state index is 11.8. The molecule has 0 aromatic carbocycles. The SMILES string of the molecule is Cc1ccc(CN(C)c2cnn(C)c(=O)c2Br)o1. The van der Waals surface area contributed by atoms with E-state index in [2.05, 4.69) is 21.0 Å². The molecule has 2 rings (SSSR count). The number of aromatic nitrogens is 2. The van der Waals surface area contributed by atoms with Crippen molar-refractivity contribution in [3.63, 3.8) is 0 Å². The first-order valence-electron chi connectivity index (χ1n) is 5.47. The number of nitrogens with zero attached hydrogens (tertiary/aromatic N) is 3. The van der Waals surface area contributed by atoms with Gasteiger partial charge in [-0.1, -0.05) is 0 Å². The first-order chi connectivity index (χ1) is 8.49. The lowest BCUT2D eigenvalue weighted by Gasteiger charge is -2.18. The van der Waals surface area contributed by atoms with Crippen molar-refractivity contribution in [1.82, 2.24) is 9.78 Å². The van der Waals surface area contributed by atoms with Crippen molar-refractivity contribution in [3.05, 3.63) is 44.7 Å². The van der Waals surface area contributed by atoms with Gasteiger partial charge in [0.2, 0.25) is 0 Å². The normalized spacial score (nSPS) is 10.7. The average Bonchev–Trinajstić information content (AvgIpc) is 2.71. The summed E-state index contributed by atoms with van der Waals surface area (Å²) in [6.45, 7) is 2.49. The van der Waals surface area contributed by atoms with E-state index < -0.39 is 0 Å². The number of hydrogen-bond acceptors (Lipinski definition) is 4. The molecule has 18 heavy (non-hydrogen) atoms. The van der Waals surface area contributed by atoms with Gasteiger partial charge in [0.05, 0.1) is 18.4 Å². The Morgan fingerprint density at radius 2 is 2.22 bits per heavy atom. The standard InChI is InChI=1S/C12H14BrN3O2/c1-8-4-5-9(18-8)7-15(2)10-6-14-16(3)12(17)11(10)13/h4-6H,7H2,1-3H3. The third-order valence-corrected chi connectivity index (χ3v) is 3.41. The highest BCUT2D eigenvalue weighted by atomic mass is 79.9. The van der Waals surface area contributed by atoms with E-state index >= 15 is 0 Å². The Balaban J connectivity index is 2.26.